The Morgan fingerprint density at radius 2 is 2.00 bits per heavy atom. The maximum atomic E-state index is 12.1. The van der Waals surface area contributed by atoms with Crippen LogP contribution in [0.2, 0.25) is 0 Å². The molecule has 0 amide bonds. The summed E-state index contributed by atoms with van der Waals surface area (Å²) in [5.41, 5.74) is 5.73. The molecule has 7 heteroatoms. The third-order valence-electron chi connectivity index (χ3n) is 2.70. The molecule has 1 rings (SSSR count). The van der Waals surface area contributed by atoms with Gasteiger partial charge in [-0.15, -0.1) is 0 Å². The number of rotatable bonds is 6. The second-order valence-electron chi connectivity index (χ2n) is 4.39. The van der Waals surface area contributed by atoms with Crippen molar-refractivity contribution >= 4 is 32.2 Å². The van der Waals surface area contributed by atoms with E-state index in [1.54, 1.807) is 6.92 Å². The molecule has 0 spiro atoms. The molecule has 0 aromatic carbocycles. The molecular weight excluding hydrogens is 270 g/mol. The van der Waals surface area contributed by atoms with E-state index in [4.69, 9.17) is 5.73 Å². The van der Waals surface area contributed by atoms with Gasteiger partial charge < -0.3 is 10.6 Å². The molecule has 0 saturated heterocycles. The smallest absolute Gasteiger partial charge is 0.184 e. The second-order valence-corrected chi connectivity index (χ2v) is 7.36. The molecule has 0 aliphatic rings. The molecule has 18 heavy (non-hydrogen) atoms. The van der Waals surface area contributed by atoms with Crippen molar-refractivity contribution in [3.8, 4) is 0 Å². The van der Waals surface area contributed by atoms with Crippen LogP contribution < -0.4 is 10.6 Å². The van der Waals surface area contributed by atoms with Gasteiger partial charge in [0, 0.05) is 12.6 Å². The van der Waals surface area contributed by atoms with Crippen molar-refractivity contribution in [2.75, 3.05) is 22.9 Å². The number of nitrogens with zero attached hydrogens (tertiary/aromatic N) is 2. The number of sulfone groups is 1. The zero-order valence-electron chi connectivity index (χ0n) is 11.3. The van der Waals surface area contributed by atoms with E-state index in [-0.39, 0.29) is 22.5 Å². The lowest BCUT2D eigenvalue weighted by molar-refractivity contribution is 0.596. The Hall–Kier alpha value is -0.820. The standard InChI is InChI=1S/C11H21N3O2S2/c1-5-7-14(8(3)4)11-9(10(12)13-17-11)18(15,16)6-2/h8H,5-7H2,1-4H3,(H2,12,13). The molecule has 1 aromatic heterocycles. The Balaban J connectivity index is 3.33. The van der Waals surface area contributed by atoms with Crippen LogP contribution in [0.4, 0.5) is 10.8 Å². The van der Waals surface area contributed by atoms with E-state index in [0.29, 0.717) is 5.00 Å². The number of anilines is 2. The maximum absolute atomic E-state index is 12.1. The van der Waals surface area contributed by atoms with Gasteiger partial charge in [0.25, 0.3) is 0 Å². The third-order valence-corrected chi connectivity index (χ3v) is 5.51. The van der Waals surface area contributed by atoms with Crippen molar-refractivity contribution in [3.05, 3.63) is 0 Å². The molecule has 1 heterocycles. The minimum Gasteiger partial charge on any atom is -0.382 e. The molecule has 0 atom stereocenters. The first-order valence-corrected chi connectivity index (χ1v) is 8.52. The number of nitrogen functional groups attached to an aromatic ring is 1. The molecule has 0 aliphatic carbocycles. The van der Waals surface area contributed by atoms with Gasteiger partial charge in [-0.05, 0) is 31.8 Å². The number of hydrogen-bond donors (Lipinski definition) is 1. The Labute approximate surface area is 113 Å². The highest BCUT2D eigenvalue weighted by atomic mass is 32.2. The summed E-state index contributed by atoms with van der Waals surface area (Å²) in [6.45, 7) is 8.55. The van der Waals surface area contributed by atoms with E-state index in [1.165, 1.54) is 11.5 Å². The predicted molar refractivity (Wildman–Crippen MR) is 77.0 cm³/mol. The molecule has 0 saturated carbocycles. The highest BCUT2D eigenvalue weighted by Crippen LogP contribution is 2.36. The molecule has 2 N–H and O–H groups in total. The van der Waals surface area contributed by atoms with Crippen LogP contribution in [0.15, 0.2) is 4.90 Å². The van der Waals surface area contributed by atoms with E-state index in [0.717, 1.165) is 13.0 Å². The summed E-state index contributed by atoms with van der Waals surface area (Å²) in [6.07, 6.45) is 0.946. The Bertz CT molecular complexity index is 494. The van der Waals surface area contributed by atoms with Gasteiger partial charge in [0.15, 0.2) is 15.7 Å². The average molecular weight is 291 g/mol. The fourth-order valence-electron chi connectivity index (χ4n) is 1.74. The molecule has 0 aliphatic heterocycles. The summed E-state index contributed by atoms with van der Waals surface area (Å²) in [5, 5.41) is 0.672. The molecule has 104 valence electrons. The molecule has 0 fully saturated rings. The molecular formula is C11H21N3O2S2. The van der Waals surface area contributed by atoms with Gasteiger partial charge in [-0.25, -0.2) is 8.42 Å². The molecule has 0 bridgehead atoms. The van der Waals surface area contributed by atoms with Gasteiger partial charge in [0.1, 0.15) is 9.90 Å². The van der Waals surface area contributed by atoms with Crippen LogP contribution in [0.3, 0.4) is 0 Å². The first-order valence-electron chi connectivity index (χ1n) is 6.09. The van der Waals surface area contributed by atoms with Crippen LogP contribution in [-0.4, -0.2) is 31.1 Å². The molecule has 5 nitrogen and oxygen atoms in total. The van der Waals surface area contributed by atoms with E-state index < -0.39 is 9.84 Å². The van der Waals surface area contributed by atoms with Gasteiger partial charge in [-0.3, -0.25) is 0 Å². The van der Waals surface area contributed by atoms with Gasteiger partial charge in [0.05, 0.1) is 5.75 Å². The van der Waals surface area contributed by atoms with Crippen molar-refractivity contribution < 1.29 is 8.42 Å². The predicted octanol–water partition coefficient (Wildman–Crippen LogP) is 2.14. The first kappa shape index (κ1) is 15.2. The van der Waals surface area contributed by atoms with E-state index >= 15 is 0 Å². The summed E-state index contributed by atoms with van der Waals surface area (Å²) in [7, 11) is -3.33. The molecule has 0 radical (unpaired) electrons. The number of hydrogen-bond acceptors (Lipinski definition) is 6. The Morgan fingerprint density at radius 3 is 2.44 bits per heavy atom. The van der Waals surface area contributed by atoms with Gasteiger partial charge in [-0.2, -0.15) is 4.37 Å². The normalized spacial score (nSPS) is 12.1. The van der Waals surface area contributed by atoms with Gasteiger partial charge in [-0.1, -0.05) is 13.8 Å². The maximum Gasteiger partial charge on any atom is 0.184 e. The monoisotopic (exact) mass is 291 g/mol. The second kappa shape index (κ2) is 5.88. The SMILES string of the molecule is CCCN(c1snc(N)c1S(=O)(=O)CC)C(C)C. The highest BCUT2D eigenvalue weighted by molar-refractivity contribution is 7.91. The minimum absolute atomic E-state index is 0.0423. The topological polar surface area (TPSA) is 76.3 Å². The zero-order valence-corrected chi connectivity index (χ0v) is 12.9. The minimum atomic E-state index is -3.33. The van der Waals surface area contributed by atoms with E-state index in [9.17, 15) is 8.42 Å². The average Bonchev–Trinajstić information content (AvgIpc) is 2.68. The fraction of sp³-hybridized carbons (Fsp3) is 0.727. The largest absolute Gasteiger partial charge is 0.382 e. The van der Waals surface area contributed by atoms with Crippen LogP contribution in [0.1, 0.15) is 34.1 Å². The summed E-state index contributed by atoms with van der Waals surface area (Å²) < 4.78 is 28.2. The Morgan fingerprint density at radius 1 is 1.39 bits per heavy atom. The molecule has 1 aromatic rings. The van der Waals surface area contributed by atoms with Crippen LogP contribution in [-0.2, 0) is 9.84 Å². The summed E-state index contributed by atoms with van der Waals surface area (Å²) in [4.78, 5) is 2.26. The van der Waals surface area contributed by atoms with Crippen molar-refractivity contribution in [2.45, 2.75) is 45.1 Å². The zero-order chi connectivity index (χ0) is 13.9. The van der Waals surface area contributed by atoms with Crippen LogP contribution >= 0.6 is 11.5 Å². The lowest BCUT2D eigenvalue weighted by Crippen LogP contribution is -2.32. The van der Waals surface area contributed by atoms with Crippen molar-refractivity contribution in [2.24, 2.45) is 0 Å². The van der Waals surface area contributed by atoms with Crippen molar-refractivity contribution in [1.82, 2.24) is 4.37 Å². The highest BCUT2D eigenvalue weighted by Gasteiger charge is 2.27. The first-order chi connectivity index (χ1) is 8.35. The van der Waals surface area contributed by atoms with Crippen LogP contribution in [0.5, 0.6) is 0 Å². The van der Waals surface area contributed by atoms with E-state index in [2.05, 4.69) is 16.2 Å². The number of aromatic nitrogens is 1. The lowest BCUT2D eigenvalue weighted by Gasteiger charge is -2.27. The van der Waals surface area contributed by atoms with Gasteiger partial charge in [0.2, 0.25) is 0 Å². The van der Waals surface area contributed by atoms with Crippen molar-refractivity contribution in [1.29, 1.82) is 0 Å². The molecule has 0 unspecified atom stereocenters. The summed E-state index contributed by atoms with van der Waals surface area (Å²) in [5.74, 6) is 0.166. The summed E-state index contributed by atoms with van der Waals surface area (Å²) >= 11 is 1.17. The van der Waals surface area contributed by atoms with Crippen LogP contribution in [0, 0.1) is 0 Å². The fourth-order valence-corrected chi connectivity index (χ4v) is 4.20. The van der Waals surface area contributed by atoms with Gasteiger partial charge >= 0.3 is 0 Å². The van der Waals surface area contributed by atoms with Crippen molar-refractivity contribution in [3.63, 3.8) is 0 Å². The van der Waals surface area contributed by atoms with E-state index in [1.807, 2.05) is 13.8 Å². The summed E-state index contributed by atoms with van der Waals surface area (Å²) in [6, 6.07) is 0.218. The third kappa shape index (κ3) is 2.95. The Kier molecular flexibility index (Phi) is 4.98. The number of nitrogens with two attached hydrogens (primary N) is 1. The van der Waals surface area contributed by atoms with Crippen LogP contribution in [0.25, 0.3) is 0 Å². The lowest BCUT2D eigenvalue weighted by atomic mass is 10.3. The quantitative estimate of drug-likeness (QED) is 0.869.